The molecule has 68 valence electrons. The highest BCUT2D eigenvalue weighted by Gasteiger charge is 2.12. The van der Waals surface area contributed by atoms with Crippen LogP contribution in [0.2, 0.25) is 0 Å². The van der Waals surface area contributed by atoms with Crippen LogP contribution in [0.4, 0.5) is 0 Å². The first kappa shape index (κ1) is 10.9. The highest BCUT2D eigenvalue weighted by atomic mass is 14.9. The van der Waals surface area contributed by atoms with Crippen molar-refractivity contribution in [1.82, 2.24) is 10.6 Å². The Balaban J connectivity index is 0.000000461. The maximum absolute atomic E-state index is 3.35. The van der Waals surface area contributed by atoms with Gasteiger partial charge in [-0.05, 0) is 38.5 Å². The van der Waals surface area contributed by atoms with E-state index in [4.69, 9.17) is 0 Å². The molecule has 0 amide bonds. The van der Waals surface area contributed by atoms with Crippen LogP contribution in [-0.2, 0) is 0 Å². The molecule has 0 aromatic heterocycles. The molecule has 1 aliphatic rings. The van der Waals surface area contributed by atoms with Gasteiger partial charge in [-0.15, -0.1) is 0 Å². The highest BCUT2D eigenvalue weighted by molar-refractivity contribution is 4.72. The van der Waals surface area contributed by atoms with Crippen LogP contribution in [0.3, 0.4) is 0 Å². The van der Waals surface area contributed by atoms with Gasteiger partial charge in [0.05, 0.1) is 0 Å². The third-order valence-corrected chi connectivity index (χ3v) is 1.85. The van der Waals surface area contributed by atoms with Crippen LogP contribution in [0.25, 0.3) is 0 Å². The van der Waals surface area contributed by atoms with Crippen LogP contribution in [0.1, 0.15) is 27.2 Å². The Kier molecular flexibility index (Phi) is 7.96. The molecule has 0 aromatic rings. The van der Waals surface area contributed by atoms with Crippen LogP contribution >= 0.6 is 0 Å². The monoisotopic (exact) mass is 158 g/mol. The van der Waals surface area contributed by atoms with E-state index in [9.17, 15) is 0 Å². The lowest BCUT2D eigenvalue weighted by molar-refractivity contribution is 0.523. The van der Waals surface area contributed by atoms with Crippen LogP contribution in [0, 0.1) is 5.92 Å². The van der Waals surface area contributed by atoms with Gasteiger partial charge in [-0.25, -0.2) is 0 Å². The van der Waals surface area contributed by atoms with Crippen molar-refractivity contribution in [2.45, 2.75) is 27.2 Å². The van der Waals surface area contributed by atoms with Crippen LogP contribution < -0.4 is 10.6 Å². The summed E-state index contributed by atoms with van der Waals surface area (Å²) in [5.74, 6) is 0.893. The molecule has 0 aliphatic carbocycles. The SMILES string of the molecule is CC.CCNCC1CCNC1. The molecule has 2 nitrogen and oxygen atoms in total. The molecule has 1 unspecified atom stereocenters. The zero-order valence-corrected chi connectivity index (χ0v) is 8.11. The van der Waals surface area contributed by atoms with E-state index in [0.717, 1.165) is 12.5 Å². The van der Waals surface area contributed by atoms with E-state index in [0.29, 0.717) is 0 Å². The second kappa shape index (κ2) is 8.02. The Morgan fingerprint density at radius 1 is 1.45 bits per heavy atom. The minimum atomic E-state index is 0.893. The van der Waals surface area contributed by atoms with Crippen LogP contribution in [0.5, 0.6) is 0 Å². The Morgan fingerprint density at radius 3 is 2.64 bits per heavy atom. The van der Waals surface area contributed by atoms with Crippen molar-refractivity contribution in [3.63, 3.8) is 0 Å². The molecule has 0 spiro atoms. The summed E-state index contributed by atoms with van der Waals surface area (Å²) >= 11 is 0. The van der Waals surface area contributed by atoms with Gasteiger partial charge in [0, 0.05) is 0 Å². The van der Waals surface area contributed by atoms with Gasteiger partial charge >= 0.3 is 0 Å². The fourth-order valence-corrected chi connectivity index (χ4v) is 1.24. The van der Waals surface area contributed by atoms with Gasteiger partial charge < -0.3 is 10.6 Å². The molecular weight excluding hydrogens is 136 g/mol. The smallest absolute Gasteiger partial charge is 0.000790 e. The molecule has 1 aliphatic heterocycles. The Morgan fingerprint density at radius 2 is 2.18 bits per heavy atom. The second-order valence-corrected chi connectivity index (χ2v) is 2.67. The molecule has 1 rings (SSSR count). The zero-order valence-electron chi connectivity index (χ0n) is 8.11. The van der Waals surface area contributed by atoms with E-state index in [1.807, 2.05) is 13.8 Å². The first-order valence-electron chi connectivity index (χ1n) is 4.85. The topological polar surface area (TPSA) is 24.1 Å². The summed E-state index contributed by atoms with van der Waals surface area (Å²) in [6, 6.07) is 0. The first-order chi connectivity index (χ1) is 5.43. The van der Waals surface area contributed by atoms with Gasteiger partial charge in [-0.2, -0.15) is 0 Å². The van der Waals surface area contributed by atoms with Gasteiger partial charge in [0.1, 0.15) is 0 Å². The van der Waals surface area contributed by atoms with Gasteiger partial charge in [0.15, 0.2) is 0 Å². The van der Waals surface area contributed by atoms with Crippen LogP contribution in [-0.4, -0.2) is 26.2 Å². The fourth-order valence-electron chi connectivity index (χ4n) is 1.24. The lowest BCUT2D eigenvalue weighted by Crippen LogP contribution is -2.23. The summed E-state index contributed by atoms with van der Waals surface area (Å²) < 4.78 is 0. The van der Waals surface area contributed by atoms with Crippen molar-refractivity contribution < 1.29 is 0 Å². The first-order valence-corrected chi connectivity index (χ1v) is 4.85. The van der Waals surface area contributed by atoms with Crippen molar-refractivity contribution in [3.8, 4) is 0 Å². The third kappa shape index (κ3) is 5.22. The Bertz CT molecular complexity index is 68.0. The van der Waals surface area contributed by atoms with Gasteiger partial charge in [0.25, 0.3) is 0 Å². The summed E-state index contributed by atoms with van der Waals surface area (Å²) in [6.45, 7) is 10.9. The minimum absolute atomic E-state index is 0.893. The lowest BCUT2D eigenvalue weighted by Gasteiger charge is -2.06. The predicted molar refractivity (Wildman–Crippen MR) is 50.9 cm³/mol. The number of hydrogen-bond acceptors (Lipinski definition) is 2. The quantitative estimate of drug-likeness (QED) is 0.645. The number of hydrogen-bond donors (Lipinski definition) is 2. The average molecular weight is 158 g/mol. The fraction of sp³-hybridized carbons (Fsp3) is 1.00. The molecule has 0 bridgehead atoms. The van der Waals surface area contributed by atoms with Crippen molar-refractivity contribution in [3.05, 3.63) is 0 Å². The summed E-state index contributed by atoms with van der Waals surface area (Å²) in [4.78, 5) is 0. The van der Waals surface area contributed by atoms with Crippen molar-refractivity contribution in [2.24, 2.45) is 5.92 Å². The maximum Gasteiger partial charge on any atom is -0.000790 e. The van der Waals surface area contributed by atoms with E-state index < -0.39 is 0 Å². The molecule has 0 aromatic carbocycles. The van der Waals surface area contributed by atoms with E-state index in [2.05, 4.69) is 17.6 Å². The molecule has 1 fully saturated rings. The van der Waals surface area contributed by atoms with Gasteiger partial charge in [-0.3, -0.25) is 0 Å². The van der Waals surface area contributed by atoms with E-state index >= 15 is 0 Å². The zero-order chi connectivity index (χ0) is 8.53. The third-order valence-electron chi connectivity index (χ3n) is 1.85. The summed E-state index contributed by atoms with van der Waals surface area (Å²) in [5, 5.41) is 6.69. The van der Waals surface area contributed by atoms with Crippen molar-refractivity contribution >= 4 is 0 Å². The maximum atomic E-state index is 3.35. The molecule has 11 heavy (non-hydrogen) atoms. The number of rotatable bonds is 3. The molecule has 0 saturated carbocycles. The molecule has 1 saturated heterocycles. The highest BCUT2D eigenvalue weighted by Crippen LogP contribution is 2.04. The lowest BCUT2D eigenvalue weighted by atomic mass is 10.1. The Labute approximate surface area is 70.8 Å². The Hall–Kier alpha value is -0.0800. The van der Waals surface area contributed by atoms with E-state index in [1.54, 1.807) is 0 Å². The molecule has 1 atom stereocenters. The molecule has 2 heteroatoms. The molecule has 0 radical (unpaired) electrons. The summed E-state index contributed by atoms with van der Waals surface area (Å²) in [5.41, 5.74) is 0. The summed E-state index contributed by atoms with van der Waals surface area (Å²) in [6.07, 6.45) is 1.35. The van der Waals surface area contributed by atoms with E-state index in [1.165, 1.54) is 26.1 Å². The average Bonchev–Trinajstić information content (AvgIpc) is 2.57. The summed E-state index contributed by atoms with van der Waals surface area (Å²) in [7, 11) is 0. The second-order valence-electron chi connectivity index (χ2n) is 2.67. The normalized spacial score (nSPS) is 22.6. The predicted octanol–water partition coefficient (Wildman–Crippen LogP) is 1.23. The van der Waals surface area contributed by atoms with Gasteiger partial charge in [0.2, 0.25) is 0 Å². The largest absolute Gasteiger partial charge is 0.317 e. The molecule has 1 heterocycles. The van der Waals surface area contributed by atoms with Crippen LogP contribution in [0.15, 0.2) is 0 Å². The van der Waals surface area contributed by atoms with Crippen molar-refractivity contribution in [1.29, 1.82) is 0 Å². The van der Waals surface area contributed by atoms with E-state index in [-0.39, 0.29) is 0 Å². The minimum Gasteiger partial charge on any atom is -0.317 e. The van der Waals surface area contributed by atoms with Crippen molar-refractivity contribution in [2.75, 3.05) is 26.2 Å². The number of nitrogens with one attached hydrogen (secondary N) is 2. The standard InChI is InChI=1S/C7H16N2.C2H6/c1-2-8-5-7-3-4-9-6-7;1-2/h7-9H,2-6H2,1H3;1-2H3. The molecular formula is C9H22N2. The van der Waals surface area contributed by atoms with Gasteiger partial charge in [-0.1, -0.05) is 20.8 Å². The molecule has 2 N–H and O–H groups in total.